The molecule has 2 atom stereocenters. The van der Waals surface area contributed by atoms with Crippen LogP contribution in [0.25, 0.3) is 0 Å². The number of hydrogen-bond donors (Lipinski definition) is 1. The second-order valence-corrected chi connectivity index (χ2v) is 5.17. The van der Waals surface area contributed by atoms with E-state index in [0.717, 1.165) is 12.8 Å². The Morgan fingerprint density at radius 1 is 0.737 bits per heavy atom. The van der Waals surface area contributed by atoms with Crippen LogP contribution >= 0.6 is 0 Å². The van der Waals surface area contributed by atoms with Crippen molar-refractivity contribution >= 4 is 0 Å². The van der Waals surface area contributed by atoms with Crippen LogP contribution in [0, 0.1) is 0 Å². The third kappa shape index (κ3) is 2.86. The molecule has 0 spiro atoms. The van der Waals surface area contributed by atoms with Crippen molar-refractivity contribution in [2.24, 2.45) is 5.73 Å². The molecule has 98 valence electrons. The van der Waals surface area contributed by atoms with Crippen LogP contribution in [0.4, 0.5) is 0 Å². The van der Waals surface area contributed by atoms with Gasteiger partial charge in [0.15, 0.2) is 0 Å². The van der Waals surface area contributed by atoms with Gasteiger partial charge in [0, 0.05) is 12.8 Å². The highest BCUT2D eigenvalue weighted by molar-refractivity contribution is 5.20. The SMILES string of the molecule is NC1C(Cc2ccccc2)OC1Cc1ccccc1. The minimum absolute atomic E-state index is 0.139. The molecule has 0 bridgehead atoms. The van der Waals surface area contributed by atoms with Crippen molar-refractivity contribution in [2.45, 2.75) is 31.1 Å². The van der Waals surface area contributed by atoms with Crippen molar-refractivity contribution in [3.8, 4) is 0 Å². The summed E-state index contributed by atoms with van der Waals surface area (Å²) in [7, 11) is 0. The number of nitrogens with two attached hydrogens (primary N) is 1. The van der Waals surface area contributed by atoms with Crippen molar-refractivity contribution in [1.29, 1.82) is 0 Å². The van der Waals surface area contributed by atoms with Crippen LogP contribution in [-0.2, 0) is 17.6 Å². The van der Waals surface area contributed by atoms with Gasteiger partial charge in [-0.25, -0.2) is 0 Å². The number of ether oxygens (including phenoxy) is 1. The highest BCUT2D eigenvalue weighted by Crippen LogP contribution is 2.26. The molecule has 0 radical (unpaired) electrons. The largest absolute Gasteiger partial charge is 0.371 e. The van der Waals surface area contributed by atoms with Crippen LogP contribution in [0.15, 0.2) is 60.7 Å². The topological polar surface area (TPSA) is 35.2 Å². The van der Waals surface area contributed by atoms with Gasteiger partial charge in [-0.2, -0.15) is 0 Å². The molecule has 3 rings (SSSR count). The lowest BCUT2D eigenvalue weighted by atomic mass is 9.89. The normalized spacial score (nSPS) is 25.8. The van der Waals surface area contributed by atoms with Crippen LogP contribution in [0.2, 0.25) is 0 Å². The fraction of sp³-hybridized carbons (Fsp3) is 0.294. The van der Waals surface area contributed by atoms with Crippen molar-refractivity contribution in [1.82, 2.24) is 0 Å². The zero-order valence-electron chi connectivity index (χ0n) is 10.9. The number of rotatable bonds is 4. The van der Waals surface area contributed by atoms with Crippen LogP contribution in [-0.4, -0.2) is 18.2 Å². The van der Waals surface area contributed by atoms with E-state index < -0.39 is 0 Å². The van der Waals surface area contributed by atoms with Crippen LogP contribution < -0.4 is 5.73 Å². The maximum absolute atomic E-state index is 6.24. The van der Waals surface area contributed by atoms with Crippen molar-refractivity contribution < 1.29 is 4.74 Å². The lowest BCUT2D eigenvalue weighted by Crippen LogP contribution is -2.60. The van der Waals surface area contributed by atoms with E-state index in [1.807, 2.05) is 12.1 Å². The molecule has 2 aromatic rings. The lowest BCUT2D eigenvalue weighted by Gasteiger charge is -2.43. The molecule has 0 aliphatic carbocycles. The van der Waals surface area contributed by atoms with Gasteiger partial charge < -0.3 is 10.5 Å². The average Bonchev–Trinajstić information content (AvgIpc) is 2.48. The molecule has 1 aliphatic rings. The molecule has 1 fully saturated rings. The van der Waals surface area contributed by atoms with Gasteiger partial charge in [-0.1, -0.05) is 60.7 Å². The molecule has 1 aliphatic heterocycles. The van der Waals surface area contributed by atoms with E-state index >= 15 is 0 Å². The predicted octanol–water partition coefficient (Wildman–Crippen LogP) is 2.57. The Hall–Kier alpha value is -1.64. The molecule has 1 heterocycles. The Kier molecular flexibility index (Phi) is 3.62. The second-order valence-electron chi connectivity index (χ2n) is 5.17. The Labute approximate surface area is 114 Å². The van der Waals surface area contributed by atoms with Crippen molar-refractivity contribution in [3.63, 3.8) is 0 Å². The van der Waals surface area contributed by atoms with Gasteiger partial charge in [0.1, 0.15) is 0 Å². The van der Waals surface area contributed by atoms with Gasteiger partial charge in [0.05, 0.1) is 18.2 Å². The minimum atomic E-state index is 0.139. The van der Waals surface area contributed by atoms with E-state index in [0.29, 0.717) is 0 Å². The maximum atomic E-state index is 6.24. The minimum Gasteiger partial charge on any atom is -0.371 e. The van der Waals surface area contributed by atoms with Crippen LogP contribution in [0.5, 0.6) is 0 Å². The quantitative estimate of drug-likeness (QED) is 0.909. The molecular weight excluding hydrogens is 234 g/mol. The van der Waals surface area contributed by atoms with E-state index in [2.05, 4.69) is 48.5 Å². The zero-order valence-corrected chi connectivity index (χ0v) is 10.9. The van der Waals surface area contributed by atoms with Gasteiger partial charge in [-0.3, -0.25) is 0 Å². The molecule has 2 unspecified atom stereocenters. The fourth-order valence-electron chi connectivity index (χ4n) is 2.62. The van der Waals surface area contributed by atoms with E-state index in [1.54, 1.807) is 0 Å². The summed E-state index contributed by atoms with van der Waals surface area (Å²) in [4.78, 5) is 0. The van der Waals surface area contributed by atoms with E-state index in [-0.39, 0.29) is 18.2 Å². The lowest BCUT2D eigenvalue weighted by molar-refractivity contribution is -0.141. The Morgan fingerprint density at radius 2 is 1.16 bits per heavy atom. The molecule has 2 nitrogen and oxygen atoms in total. The molecule has 2 heteroatoms. The molecule has 0 amide bonds. The van der Waals surface area contributed by atoms with Gasteiger partial charge in [-0.05, 0) is 11.1 Å². The highest BCUT2D eigenvalue weighted by atomic mass is 16.5. The Bertz CT molecular complexity index is 464. The fourth-order valence-corrected chi connectivity index (χ4v) is 2.62. The summed E-state index contributed by atoms with van der Waals surface area (Å²) in [5.41, 5.74) is 8.82. The maximum Gasteiger partial charge on any atom is 0.0796 e. The summed E-state index contributed by atoms with van der Waals surface area (Å²) in [5.74, 6) is 0. The molecule has 0 aromatic heterocycles. The highest BCUT2D eigenvalue weighted by Gasteiger charge is 2.39. The summed E-state index contributed by atoms with van der Waals surface area (Å²) in [6.45, 7) is 0. The molecule has 2 N–H and O–H groups in total. The first-order valence-corrected chi connectivity index (χ1v) is 6.82. The van der Waals surface area contributed by atoms with Gasteiger partial charge >= 0.3 is 0 Å². The molecule has 0 saturated carbocycles. The molecule has 19 heavy (non-hydrogen) atoms. The first-order valence-electron chi connectivity index (χ1n) is 6.82. The van der Waals surface area contributed by atoms with Gasteiger partial charge in [-0.15, -0.1) is 0 Å². The van der Waals surface area contributed by atoms with E-state index in [1.165, 1.54) is 11.1 Å². The number of hydrogen-bond acceptors (Lipinski definition) is 2. The van der Waals surface area contributed by atoms with Crippen molar-refractivity contribution in [2.75, 3.05) is 0 Å². The van der Waals surface area contributed by atoms with Crippen LogP contribution in [0.3, 0.4) is 0 Å². The summed E-state index contributed by atoms with van der Waals surface area (Å²) in [5, 5.41) is 0. The van der Waals surface area contributed by atoms with E-state index in [4.69, 9.17) is 10.5 Å². The summed E-state index contributed by atoms with van der Waals surface area (Å²) < 4.78 is 5.93. The first kappa shape index (κ1) is 12.4. The van der Waals surface area contributed by atoms with Gasteiger partial charge in [0.25, 0.3) is 0 Å². The molecule has 1 saturated heterocycles. The molecular formula is C17H19NO. The van der Waals surface area contributed by atoms with E-state index in [9.17, 15) is 0 Å². The Balaban J connectivity index is 1.54. The third-order valence-corrected chi connectivity index (χ3v) is 3.77. The standard InChI is InChI=1S/C17H19NO/c18-17-15(11-13-7-3-1-4-8-13)19-16(17)12-14-9-5-2-6-10-14/h1-10,15-17H,11-12,18H2. The predicted molar refractivity (Wildman–Crippen MR) is 76.9 cm³/mol. The number of benzene rings is 2. The summed E-state index contributed by atoms with van der Waals surface area (Å²) >= 11 is 0. The average molecular weight is 253 g/mol. The molecule has 2 aromatic carbocycles. The first-order chi connectivity index (χ1) is 9.33. The smallest absolute Gasteiger partial charge is 0.0796 e. The van der Waals surface area contributed by atoms with Crippen LogP contribution in [0.1, 0.15) is 11.1 Å². The summed E-state index contributed by atoms with van der Waals surface area (Å²) in [6.07, 6.45) is 2.15. The van der Waals surface area contributed by atoms with Crippen molar-refractivity contribution in [3.05, 3.63) is 71.8 Å². The third-order valence-electron chi connectivity index (χ3n) is 3.77. The Morgan fingerprint density at radius 3 is 1.53 bits per heavy atom. The second kappa shape index (κ2) is 5.55. The summed E-state index contributed by atoms with van der Waals surface area (Å²) in [6, 6.07) is 20.9. The van der Waals surface area contributed by atoms with Gasteiger partial charge in [0.2, 0.25) is 0 Å². The monoisotopic (exact) mass is 253 g/mol. The zero-order chi connectivity index (χ0) is 13.1.